The molecule has 4 rings (SSSR count). The lowest BCUT2D eigenvalue weighted by atomic mass is 9.72. The van der Waals surface area contributed by atoms with Crippen LogP contribution in [0.2, 0.25) is 0 Å². The van der Waals surface area contributed by atoms with Crippen molar-refractivity contribution >= 4 is 5.91 Å². The Hall–Kier alpha value is -1.59. The second-order valence-electron chi connectivity index (χ2n) is 9.06. The summed E-state index contributed by atoms with van der Waals surface area (Å²) in [6, 6.07) is 8.34. The molecule has 1 aromatic rings. The van der Waals surface area contributed by atoms with E-state index in [2.05, 4.69) is 34.9 Å². The fourth-order valence-corrected chi connectivity index (χ4v) is 5.18. The molecule has 0 bridgehead atoms. The second-order valence-corrected chi connectivity index (χ2v) is 9.06. The van der Waals surface area contributed by atoms with Gasteiger partial charge in [0.2, 0.25) is 5.91 Å². The Balaban J connectivity index is 1.23. The number of carbonyl (C=O) groups is 1. The minimum absolute atomic E-state index is 0.261. The Bertz CT molecular complexity index is 678. The number of benzene rings is 1. The van der Waals surface area contributed by atoms with Gasteiger partial charge in [0, 0.05) is 32.7 Å². The van der Waals surface area contributed by atoms with Crippen LogP contribution in [0.4, 0.5) is 0 Å². The molecule has 0 aliphatic carbocycles. The molecule has 3 aliphatic rings. The van der Waals surface area contributed by atoms with Crippen molar-refractivity contribution in [3.63, 3.8) is 0 Å². The summed E-state index contributed by atoms with van der Waals surface area (Å²) in [5, 5.41) is 0. The molecule has 3 heterocycles. The van der Waals surface area contributed by atoms with E-state index in [9.17, 15) is 4.79 Å². The van der Waals surface area contributed by atoms with E-state index in [1.54, 1.807) is 0 Å². The van der Waals surface area contributed by atoms with Crippen LogP contribution in [-0.2, 0) is 16.0 Å². The van der Waals surface area contributed by atoms with Crippen LogP contribution in [0.25, 0.3) is 0 Å². The summed E-state index contributed by atoms with van der Waals surface area (Å²) in [6.07, 6.45) is 7.65. The van der Waals surface area contributed by atoms with Gasteiger partial charge in [0.05, 0.1) is 6.10 Å². The summed E-state index contributed by atoms with van der Waals surface area (Å²) < 4.78 is 11.8. The van der Waals surface area contributed by atoms with Crippen LogP contribution >= 0.6 is 0 Å². The van der Waals surface area contributed by atoms with Gasteiger partial charge in [-0.3, -0.25) is 9.69 Å². The Labute approximate surface area is 175 Å². The Morgan fingerprint density at radius 2 is 2.03 bits per heavy atom. The van der Waals surface area contributed by atoms with Crippen LogP contribution in [0, 0.1) is 5.41 Å². The SMILES string of the molecule is CCc1ccccc1OCCN1CCC2(CCC(=O)N(C[C@H]3CCCO3)C2)CC1. The van der Waals surface area contributed by atoms with Gasteiger partial charge >= 0.3 is 0 Å². The first-order chi connectivity index (χ1) is 14.2. The van der Waals surface area contributed by atoms with Crippen LogP contribution in [0.5, 0.6) is 5.75 Å². The predicted molar refractivity (Wildman–Crippen MR) is 114 cm³/mol. The molecule has 1 atom stereocenters. The van der Waals surface area contributed by atoms with Crippen molar-refractivity contribution in [3.05, 3.63) is 29.8 Å². The summed E-state index contributed by atoms with van der Waals surface area (Å²) in [5.74, 6) is 1.36. The number of hydrogen-bond acceptors (Lipinski definition) is 4. The number of piperidine rings is 2. The van der Waals surface area contributed by atoms with Crippen LogP contribution in [0.1, 0.15) is 51.0 Å². The first-order valence-corrected chi connectivity index (χ1v) is 11.5. The van der Waals surface area contributed by atoms with E-state index >= 15 is 0 Å². The fourth-order valence-electron chi connectivity index (χ4n) is 5.18. The molecule has 0 unspecified atom stereocenters. The van der Waals surface area contributed by atoms with Crippen molar-refractivity contribution in [1.82, 2.24) is 9.80 Å². The Kier molecular flexibility index (Phi) is 6.76. The van der Waals surface area contributed by atoms with E-state index < -0.39 is 0 Å². The van der Waals surface area contributed by atoms with Crippen molar-refractivity contribution < 1.29 is 14.3 Å². The van der Waals surface area contributed by atoms with Crippen LogP contribution in [0.3, 0.4) is 0 Å². The number of ether oxygens (including phenoxy) is 2. The third-order valence-corrected chi connectivity index (χ3v) is 7.13. The number of amides is 1. The molecule has 5 heteroatoms. The molecule has 29 heavy (non-hydrogen) atoms. The van der Waals surface area contributed by atoms with Gasteiger partial charge in [0.1, 0.15) is 12.4 Å². The average Bonchev–Trinajstić information content (AvgIpc) is 3.26. The molecular weight excluding hydrogens is 364 g/mol. The minimum Gasteiger partial charge on any atom is -0.492 e. The highest BCUT2D eigenvalue weighted by molar-refractivity contribution is 5.77. The molecule has 3 aliphatic heterocycles. The van der Waals surface area contributed by atoms with E-state index in [0.717, 1.165) is 77.4 Å². The maximum Gasteiger partial charge on any atom is 0.222 e. The van der Waals surface area contributed by atoms with Gasteiger partial charge in [-0.05, 0) is 68.7 Å². The standard InChI is InChI=1S/C24H36N2O3/c1-2-20-6-3-4-8-22(20)29-17-15-25-13-11-24(12-14-25)10-9-23(27)26(19-24)18-21-7-5-16-28-21/h3-4,6,8,21H,2,5,7,9-19H2,1H3/t21-/m1/s1. The molecule has 3 saturated heterocycles. The van der Waals surface area contributed by atoms with Crippen molar-refractivity contribution in [2.24, 2.45) is 5.41 Å². The maximum atomic E-state index is 12.4. The lowest BCUT2D eigenvalue weighted by Gasteiger charge is -2.47. The fraction of sp³-hybridized carbons (Fsp3) is 0.708. The highest BCUT2D eigenvalue weighted by Gasteiger charge is 2.41. The van der Waals surface area contributed by atoms with Gasteiger partial charge in [-0.15, -0.1) is 0 Å². The number of hydrogen-bond donors (Lipinski definition) is 0. The number of rotatable bonds is 7. The third-order valence-electron chi connectivity index (χ3n) is 7.13. The van der Waals surface area contributed by atoms with Gasteiger partial charge in [0.15, 0.2) is 0 Å². The third kappa shape index (κ3) is 5.13. The zero-order valence-corrected chi connectivity index (χ0v) is 17.9. The normalized spacial score (nSPS) is 24.9. The number of nitrogens with zero attached hydrogens (tertiary/aromatic N) is 2. The van der Waals surface area contributed by atoms with Crippen molar-refractivity contribution in [3.8, 4) is 5.75 Å². The summed E-state index contributed by atoms with van der Waals surface area (Å²) in [7, 11) is 0. The molecule has 0 saturated carbocycles. The van der Waals surface area contributed by atoms with E-state index in [0.29, 0.717) is 17.7 Å². The summed E-state index contributed by atoms with van der Waals surface area (Å²) in [6.45, 7) is 8.71. The summed E-state index contributed by atoms with van der Waals surface area (Å²) >= 11 is 0. The van der Waals surface area contributed by atoms with E-state index in [4.69, 9.17) is 9.47 Å². The van der Waals surface area contributed by atoms with Crippen molar-refractivity contribution in [2.45, 2.75) is 58.0 Å². The number of aryl methyl sites for hydroxylation is 1. The molecule has 1 aromatic carbocycles. The number of para-hydroxylation sites is 1. The largest absolute Gasteiger partial charge is 0.492 e. The highest BCUT2D eigenvalue weighted by atomic mass is 16.5. The molecule has 0 N–H and O–H groups in total. The first-order valence-electron chi connectivity index (χ1n) is 11.5. The Morgan fingerprint density at radius 1 is 1.21 bits per heavy atom. The van der Waals surface area contributed by atoms with Gasteiger partial charge < -0.3 is 14.4 Å². The lowest BCUT2D eigenvalue weighted by Crippen LogP contribution is -2.53. The van der Waals surface area contributed by atoms with E-state index in [-0.39, 0.29) is 6.10 Å². The van der Waals surface area contributed by atoms with Crippen LogP contribution < -0.4 is 4.74 Å². The molecule has 1 amide bonds. The van der Waals surface area contributed by atoms with Crippen molar-refractivity contribution in [2.75, 3.05) is 45.9 Å². The summed E-state index contributed by atoms with van der Waals surface area (Å²) in [5.41, 5.74) is 1.60. The lowest BCUT2D eigenvalue weighted by molar-refractivity contribution is -0.141. The smallest absolute Gasteiger partial charge is 0.222 e. The average molecular weight is 401 g/mol. The van der Waals surface area contributed by atoms with E-state index in [1.165, 1.54) is 18.4 Å². The highest BCUT2D eigenvalue weighted by Crippen LogP contribution is 2.40. The molecule has 5 nitrogen and oxygen atoms in total. The monoisotopic (exact) mass is 400 g/mol. The number of likely N-dealkylation sites (tertiary alicyclic amines) is 2. The quantitative estimate of drug-likeness (QED) is 0.702. The molecule has 0 radical (unpaired) electrons. The van der Waals surface area contributed by atoms with Gasteiger partial charge in [-0.1, -0.05) is 25.1 Å². The number of carbonyl (C=O) groups excluding carboxylic acids is 1. The molecule has 1 spiro atoms. The van der Waals surface area contributed by atoms with Crippen LogP contribution in [0.15, 0.2) is 24.3 Å². The second kappa shape index (κ2) is 9.48. The topological polar surface area (TPSA) is 42.0 Å². The van der Waals surface area contributed by atoms with Gasteiger partial charge in [-0.2, -0.15) is 0 Å². The maximum absolute atomic E-state index is 12.4. The molecular formula is C24H36N2O3. The van der Waals surface area contributed by atoms with Gasteiger partial charge in [0.25, 0.3) is 0 Å². The zero-order chi connectivity index (χ0) is 20.1. The predicted octanol–water partition coefficient (Wildman–Crippen LogP) is 3.51. The van der Waals surface area contributed by atoms with Crippen LogP contribution in [-0.4, -0.2) is 67.7 Å². The minimum atomic E-state index is 0.261. The molecule has 160 valence electrons. The Morgan fingerprint density at radius 3 is 2.79 bits per heavy atom. The van der Waals surface area contributed by atoms with Gasteiger partial charge in [-0.25, -0.2) is 0 Å². The first kappa shape index (κ1) is 20.7. The van der Waals surface area contributed by atoms with E-state index in [1.807, 2.05) is 6.07 Å². The van der Waals surface area contributed by atoms with Crippen molar-refractivity contribution in [1.29, 1.82) is 0 Å². The molecule has 0 aromatic heterocycles. The summed E-state index contributed by atoms with van der Waals surface area (Å²) in [4.78, 5) is 17.1. The zero-order valence-electron chi connectivity index (χ0n) is 17.9. The molecule has 3 fully saturated rings.